The fourth-order valence-electron chi connectivity index (χ4n) is 4.99. The van der Waals surface area contributed by atoms with Crippen LogP contribution in [-0.4, -0.2) is 42.6 Å². The lowest BCUT2D eigenvalue weighted by molar-refractivity contribution is 0.197. The Kier molecular flexibility index (Phi) is 4.42. The van der Waals surface area contributed by atoms with Gasteiger partial charge in [-0.25, -0.2) is 9.97 Å². The maximum Gasteiger partial charge on any atom is 0.160 e. The smallest absolute Gasteiger partial charge is 0.160 e. The minimum absolute atomic E-state index is 0.441. The van der Waals surface area contributed by atoms with Crippen molar-refractivity contribution in [2.24, 2.45) is 0 Å². The zero-order valence-corrected chi connectivity index (χ0v) is 17.7. The predicted molar refractivity (Wildman–Crippen MR) is 119 cm³/mol. The third-order valence-electron chi connectivity index (χ3n) is 6.55. The summed E-state index contributed by atoms with van der Waals surface area (Å²) in [6.45, 7) is 2.78. The lowest BCUT2D eigenvalue weighted by atomic mass is 9.96. The molecule has 2 aliphatic rings. The Hall–Kier alpha value is -2.58. The topological polar surface area (TPSA) is 85.2 Å². The highest BCUT2D eigenvalue weighted by Gasteiger charge is 2.26. The van der Waals surface area contributed by atoms with Gasteiger partial charge in [-0.15, -0.1) is 21.5 Å². The van der Waals surface area contributed by atoms with E-state index in [0.717, 1.165) is 72.8 Å². The van der Waals surface area contributed by atoms with E-state index in [2.05, 4.69) is 25.7 Å². The van der Waals surface area contributed by atoms with Crippen molar-refractivity contribution >= 4 is 33.0 Å². The quantitative estimate of drug-likeness (QED) is 0.546. The van der Waals surface area contributed by atoms with E-state index in [1.165, 1.54) is 23.3 Å². The first-order valence-electron chi connectivity index (χ1n) is 10.8. The number of hydrogen-bond donors (Lipinski definition) is 1. The second-order valence-electron chi connectivity index (χ2n) is 8.45. The molecule has 0 unspecified atom stereocenters. The molecule has 30 heavy (non-hydrogen) atoms. The van der Waals surface area contributed by atoms with Gasteiger partial charge in [0.1, 0.15) is 22.3 Å². The predicted octanol–water partition coefficient (Wildman–Crippen LogP) is 3.57. The molecular weight excluding hydrogens is 394 g/mol. The third-order valence-corrected chi connectivity index (χ3v) is 7.73. The van der Waals surface area contributed by atoms with Gasteiger partial charge in [-0.1, -0.05) is 6.07 Å². The van der Waals surface area contributed by atoms with E-state index in [1.54, 1.807) is 0 Å². The number of thiophene rings is 1. The summed E-state index contributed by atoms with van der Waals surface area (Å²) in [6.07, 6.45) is 9.00. The molecule has 7 nitrogen and oxygen atoms in total. The minimum atomic E-state index is 0.441. The van der Waals surface area contributed by atoms with Crippen molar-refractivity contribution in [2.45, 2.75) is 51.0 Å². The zero-order chi connectivity index (χ0) is 20.1. The molecule has 0 atom stereocenters. The number of rotatable bonds is 3. The summed E-state index contributed by atoms with van der Waals surface area (Å²) in [5, 5.41) is 9.89. The van der Waals surface area contributed by atoms with E-state index in [4.69, 9.17) is 15.7 Å². The van der Waals surface area contributed by atoms with Crippen molar-refractivity contribution in [3.8, 4) is 0 Å². The molecule has 0 aromatic carbocycles. The molecule has 4 aromatic heterocycles. The molecule has 1 aliphatic heterocycles. The summed E-state index contributed by atoms with van der Waals surface area (Å²) in [7, 11) is 0. The lowest BCUT2D eigenvalue weighted by Crippen LogP contribution is -2.33. The highest BCUT2D eigenvalue weighted by atomic mass is 32.1. The van der Waals surface area contributed by atoms with Gasteiger partial charge in [0.15, 0.2) is 5.65 Å². The maximum absolute atomic E-state index is 6.39. The van der Waals surface area contributed by atoms with Gasteiger partial charge in [-0.2, -0.15) is 0 Å². The Bertz CT molecular complexity index is 1220. The monoisotopic (exact) mass is 419 g/mol. The lowest BCUT2D eigenvalue weighted by Gasteiger charge is -2.30. The molecule has 154 valence electrons. The molecule has 5 heterocycles. The van der Waals surface area contributed by atoms with E-state index in [9.17, 15) is 0 Å². The first-order valence-corrected chi connectivity index (χ1v) is 11.7. The fourth-order valence-corrected chi connectivity index (χ4v) is 6.28. The van der Waals surface area contributed by atoms with E-state index in [1.807, 2.05) is 29.5 Å². The van der Waals surface area contributed by atoms with Gasteiger partial charge in [0.05, 0.1) is 11.9 Å². The van der Waals surface area contributed by atoms with Crippen LogP contribution in [0, 0.1) is 0 Å². The average molecular weight is 420 g/mol. The highest BCUT2D eigenvalue weighted by molar-refractivity contribution is 7.19. The molecule has 0 saturated carbocycles. The number of likely N-dealkylation sites (tertiary alicyclic amines) is 1. The van der Waals surface area contributed by atoms with Gasteiger partial charge in [0.25, 0.3) is 0 Å². The number of fused-ring (bicyclic) bond motifs is 4. The Morgan fingerprint density at radius 2 is 1.93 bits per heavy atom. The zero-order valence-electron chi connectivity index (χ0n) is 16.9. The highest BCUT2D eigenvalue weighted by Crippen LogP contribution is 2.38. The van der Waals surface area contributed by atoms with Crippen LogP contribution in [-0.2, 0) is 19.4 Å². The van der Waals surface area contributed by atoms with E-state index >= 15 is 0 Å². The van der Waals surface area contributed by atoms with Gasteiger partial charge in [0.2, 0.25) is 0 Å². The Morgan fingerprint density at radius 1 is 1.07 bits per heavy atom. The molecule has 8 heteroatoms. The van der Waals surface area contributed by atoms with E-state index < -0.39 is 0 Å². The van der Waals surface area contributed by atoms with Crippen LogP contribution in [0.25, 0.3) is 15.9 Å². The summed E-state index contributed by atoms with van der Waals surface area (Å²) in [6, 6.07) is 6.05. The van der Waals surface area contributed by atoms with Crippen molar-refractivity contribution in [2.75, 3.05) is 18.8 Å². The second kappa shape index (κ2) is 7.28. The normalized spacial score (nSPS) is 18.3. The standard InChI is InChI=1S/C22H25N7S/c23-20-19-15-5-1-2-6-16(15)30-22(19)25-17(24-20)13-28-11-8-14(9-12-28)21-27-26-18-7-3-4-10-29(18)21/h3-4,7,10,14H,1-2,5-6,8-9,11-13H2,(H2,23,24,25). The number of nitrogens with zero attached hydrogens (tertiary/aromatic N) is 6. The van der Waals surface area contributed by atoms with Gasteiger partial charge >= 0.3 is 0 Å². The number of aromatic nitrogens is 5. The molecule has 1 saturated heterocycles. The summed E-state index contributed by atoms with van der Waals surface area (Å²) < 4.78 is 2.12. The molecule has 2 N–H and O–H groups in total. The third kappa shape index (κ3) is 3.06. The van der Waals surface area contributed by atoms with Crippen LogP contribution in [0.5, 0.6) is 0 Å². The van der Waals surface area contributed by atoms with Crippen LogP contribution in [0.4, 0.5) is 5.82 Å². The average Bonchev–Trinajstić information content (AvgIpc) is 3.36. The number of pyridine rings is 1. The number of hydrogen-bond acceptors (Lipinski definition) is 7. The van der Waals surface area contributed by atoms with Crippen molar-refractivity contribution in [3.05, 3.63) is 46.5 Å². The molecule has 6 rings (SSSR count). The number of anilines is 1. The summed E-state index contributed by atoms with van der Waals surface area (Å²) in [4.78, 5) is 14.6. The van der Waals surface area contributed by atoms with Crippen molar-refractivity contribution in [1.82, 2.24) is 29.5 Å². The largest absolute Gasteiger partial charge is 0.383 e. The van der Waals surface area contributed by atoms with Crippen LogP contribution in [0.1, 0.15) is 53.7 Å². The fraction of sp³-hybridized carbons (Fsp3) is 0.455. The molecule has 1 fully saturated rings. The van der Waals surface area contributed by atoms with Crippen LogP contribution >= 0.6 is 11.3 Å². The van der Waals surface area contributed by atoms with Crippen molar-refractivity contribution in [1.29, 1.82) is 0 Å². The molecule has 0 amide bonds. The van der Waals surface area contributed by atoms with E-state index in [0.29, 0.717) is 11.7 Å². The number of nitrogen functional groups attached to an aromatic ring is 1. The van der Waals surface area contributed by atoms with Gasteiger partial charge < -0.3 is 5.73 Å². The number of nitrogens with two attached hydrogens (primary N) is 1. The molecule has 0 bridgehead atoms. The maximum atomic E-state index is 6.39. The first-order chi connectivity index (χ1) is 14.8. The summed E-state index contributed by atoms with van der Waals surface area (Å²) in [5.74, 6) is 3.04. The first kappa shape index (κ1) is 18.2. The van der Waals surface area contributed by atoms with E-state index in [-0.39, 0.29) is 0 Å². The number of piperidine rings is 1. The molecule has 0 spiro atoms. The Balaban J connectivity index is 1.18. The Morgan fingerprint density at radius 3 is 2.83 bits per heavy atom. The van der Waals surface area contributed by atoms with Crippen LogP contribution in [0.15, 0.2) is 24.4 Å². The molecule has 4 aromatic rings. The summed E-state index contributed by atoms with van der Waals surface area (Å²) >= 11 is 1.82. The summed E-state index contributed by atoms with van der Waals surface area (Å²) in [5.41, 5.74) is 8.72. The minimum Gasteiger partial charge on any atom is -0.383 e. The van der Waals surface area contributed by atoms with Gasteiger partial charge in [-0.3, -0.25) is 9.30 Å². The Labute approximate surface area is 179 Å². The number of aryl methyl sites for hydroxylation is 2. The SMILES string of the molecule is Nc1nc(CN2CCC(c3nnc4ccccn34)CC2)nc2sc3c(c12)CCCC3. The van der Waals surface area contributed by atoms with Crippen LogP contribution in [0.3, 0.4) is 0 Å². The van der Waals surface area contributed by atoms with Crippen LogP contribution in [0.2, 0.25) is 0 Å². The van der Waals surface area contributed by atoms with Crippen molar-refractivity contribution < 1.29 is 0 Å². The molecular formula is C22H25N7S. The second-order valence-corrected chi connectivity index (χ2v) is 9.54. The van der Waals surface area contributed by atoms with Crippen LogP contribution < -0.4 is 5.73 Å². The van der Waals surface area contributed by atoms with Crippen molar-refractivity contribution in [3.63, 3.8) is 0 Å². The molecule has 0 radical (unpaired) electrons. The molecule has 1 aliphatic carbocycles. The van der Waals surface area contributed by atoms with Gasteiger partial charge in [-0.05, 0) is 69.3 Å². The van der Waals surface area contributed by atoms with Gasteiger partial charge in [0, 0.05) is 17.0 Å².